The highest BCUT2D eigenvalue weighted by Gasteiger charge is 2.23. The molecular formula is C22H34ClN5O2. The molecule has 0 spiro atoms. The summed E-state index contributed by atoms with van der Waals surface area (Å²) in [6.45, 7) is 3.46. The van der Waals surface area contributed by atoms with Crippen LogP contribution in [0.15, 0.2) is 29.3 Å². The van der Waals surface area contributed by atoms with Crippen LogP contribution in [0.3, 0.4) is 0 Å². The first-order valence-corrected chi connectivity index (χ1v) is 11.3. The molecule has 3 rings (SSSR count). The van der Waals surface area contributed by atoms with Crippen LogP contribution in [0.5, 0.6) is 0 Å². The van der Waals surface area contributed by atoms with Gasteiger partial charge in [0.05, 0.1) is 16.8 Å². The summed E-state index contributed by atoms with van der Waals surface area (Å²) in [6.07, 6.45) is 5.69. The third-order valence-electron chi connectivity index (χ3n) is 5.60. The Morgan fingerprint density at radius 3 is 2.83 bits per heavy atom. The molecule has 30 heavy (non-hydrogen) atoms. The molecule has 0 aromatic heterocycles. The van der Waals surface area contributed by atoms with Gasteiger partial charge in [0.2, 0.25) is 5.91 Å². The van der Waals surface area contributed by atoms with Gasteiger partial charge in [0.1, 0.15) is 6.54 Å². The number of para-hydroxylation sites is 1. The number of benzene rings is 1. The molecule has 1 amide bonds. The summed E-state index contributed by atoms with van der Waals surface area (Å²) < 4.78 is 5.83. The maximum atomic E-state index is 12.0. The highest BCUT2D eigenvalue weighted by atomic mass is 35.5. The Labute approximate surface area is 184 Å². The van der Waals surface area contributed by atoms with Crippen LogP contribution < -0.4 is 15.5 Å². The van der Waals surface area contributed by atoms with Gasteiger partial charge in [0, 0.05) is 46.4 Å². The van der Waals surface area contributed by atoms with Gasteiger partial charge in [-0.15, -0.1) is 0 Å². The number of halogens is 1. The lowest BCUT2D eigenvalue weighted by atomic mass is 10.0. The summed E-state index contributed by atoms with van der Waals surface area (Å²) in [7, 11) is 3.49. The largest absolute Gasteiger partial charge is 0.376 e. The van der Waals surface area contributed by atoms with E-state index in [9.17, 15) is 4.79 Å². The number of anilines is 1. The molecule has 7 nitrogen and oxygen atoms in total. The fourth-order valence-corrected chi connectivity index (χ4v) is 4.09. The summed E-state index contributed by atoms with van der Waals surface area (Å²) in [5.74, 6) is 0.650. The monoisotopic (exact) mass is 435 g/mol. The van der Waals surface area contributed by atoms with Crippen LogP contribution >= 0.6 is 11.6 Å². The molecule has 1 aromatic carbocycles. The zero-order valence-electron chi connectivity index (χ0n) is 18.1. The number of hydrogen-bond acceptors (Lipinski definition) is 4. The van der Waals surface area contributed by atoms with Crippen LogP contribution in [0, 0.1) is 0 Å². The van der Waals surface area contributed by atoms with E-state index in [1.807, 2.05) is 18.2 Å². The molecule has 1 aromatic rings. The number of guanidine groups is 1. The predicted molar refractivity (Wildman–Crippen MR) is 122 cm³/mol. The number of rotatable bonds is 6. The van der Waals surface area contributed by atoms with E-state index in [0.717, 1.165) is 56.1 Å². The van der Waals surface area contributed by atoms with Crippen LogP contribution in [0.2, 0.25) is 5.02 Å². The van der Waals surface area contributed by atoms with Crippen molar-refractivity contribution in [3.8, 4) is 0 Å². The Hall–Kier alpha value is -1.99. The third kappa shape index (κ3) is 6.77. The van der Waals surface area contributed by atoms with Gasteiger partial charge in [0.25, 0.3) is 0 Å². The molecule has 166 valence electrons. The number of carbonyl (C=O) groups is 1. The number of ether oxygens (including phenoxy) is 1. The Morgan fingerprint density at radius 1 is 1.27 bits per heavy atom. The molecule has 2 heterocycles. The zero-order chi connectivity index (χ0) is 21.3. The minimum absolute atomic E-state index is 0.0219. The highest BCUT2D eigenvalue weighted by molar-refractivity contribution is 6.33. The third-order valence-corrected chi connectivity index (χ3v) is 5.92. The van der Waals surface area contributed by atoms with Gasteiger partial charge in [-0.25, -0.2) is 4.99 Å². The summed E-state index contributed by atoms with van der Waals surface area (Å²) in [4.78, 5) is 20.5. The summed E-state index contributed by atoms with van der Waals surface area (Å²) in [6, 6.07) is 8.19. The van der Waals surface area contributed by atoms with Crippen molar-refractivity contribution in [2.45, 2.75) is 44.2 Å². The minimum Gasteiger partial charge on any atom is -0.376 e. The molecule has 0 bridgehead atoms. The lowest BCUT2D eigenvalue weighted by molar-refractivity contribution is -0.127. The van der Waals surface area contributed by atoms with Crippen LogP contribution in [-0.2, 0) is 9.53 Å². The summed E-state index contributed by atoms with van der Waals surface area (Å²) >= 11 is 6.41. The van der Waals surface area contributed by atoms with E-state index in [0.29, 0.717) is 12.5 Å². The number of hydrogen-bond donors (Lipinski definition) is 2. The van der Waals surface area contributed by atoms with E-state index in [1.165, 1.54) is 6.42 Å². The van der Waals surface area contributed by atoms with Crippen molar-refractivity contribution in [1.82, 2.24) is 15.5 Å². The number of nitrogens with zero attached hydrogens (tertiary/aromatic N) is 3. The van der Waals surface area contributed by atoms with Gasteiger partial charge >= 0.3 is 0 Å². The molecule has 2 fully saturated rings. The molecule has 2 saturated heterocycles. The fraction of sp³-hybridized carbons (Fsp3) is 0.636. The Kier molecular flexibility index (Phi) is 8.63. The molecule has 2 atom stereocenters. The van der Waals surface area contributed by atoms with Gasteiger partial charge in [-0.1, -0.05) is 23.7 Å². The van der Waals surface area contributed by atoms with Gasteiger partial charge in [-0.2, -0.15) is 0 Å². The van der Waals surface area contributed by atoms with Gasteiger partial charge in [-0.3, -0.25) is 4.79 Å². The lowest BCUT2D eigenvalue weighted by Gasteiger charge is -2.36. The van der Waals surface area contributed by atoms with E-state index in [4.69, 9.17) is 16.3 Å². The smallest absolute Gasteiger partial charge is 0.243 e. The average molecular weight is 436 g/mol. The molecule has 2 aliphatic heterocycles. The van der Waals surface area contributed by atoms with Crippen molar-refractivity contribution in [2.24, 2.45) is 4.99 Å². The molecule has 0 saturated carbocycles. The van der Waals surface area contributed by atoms with Crippen molar-refractivity contribution < 1.29 is 9.53 Å². The number of carbonyl (C=O) groups excluding carboxylic acids is 1. The van der Waals surface area contributed by atoms with Crippen LogP contribution in [0.4, 0.5) is 5.69 Å². The Morgan fingerprint density at radius 2 is 2.10 bits per heavy atom. The summed E-state index contributed by atoms with van der Waals surface area (Å²) in [5, 5.41) is 7.71. The van der Waals surface area contributed by atoms with Crippen molar-refractivity contribution in [3.05, 3.63) is 29.3 Å². The normalized spacial score (nSPS) is 22.5. The second kappa shape index (κ2) is 11.4. The van der Waals surface area contributed by atoms with Crippen molar-refractivity contribution in [2.75, 3.05) is 51.8 Å². The van der Waals surface area contributed by atoms with E-state index in [2.05, 4.69) is 26.6 Å². The van der Waals surface area contributed by atoms with Crippen LogP contribution in [0.25, 0.3) is 0 Å². The van der Waals surface area contributed by atoms with Crippen molar-refractivity contribution >= 4 is 29.2 Å². The zero-order valence-corrected chi connectivity index (χ0v) is 18.8. The maximum absolute atomic E-state index is 12.0. The molecule has 8 heteroatoms. The van der Waals surface area contributed by atoms with E-state index in [-0.39, 0.29) is 24.6 Å². The lowest BCUT2D eigenvalue weighted by Crippen LogP contribution is -2.52. The van der Waals surface area contributed by atoms with Gasteiger partial charge < -0.3 is 25.2 Å². The van der Waals surface area contributed by atoms with Crippen molar-refractivity contribution in [1.29, 1.82) is 0 Å². The molecule has 0 radical (unpaired) electrons. The minimum atomic E-state index is -0.0219. The molecule has 2 unspecified atom stereocenters. The van der Waals surface area contributed by atoms with Crippen molar-refractivity contribution in [3.63, 3.8) is 0 Å². The van der Waals surface area contributed by atoms with Crippen LogP contribution in [0.1, 0.15) is 32.1 Å². The second-order valence-corrected chi connectivity index (χ2v) is 8.61. The van der Waals surface area contributed by atoms with E-state index >= 15 is 0 Å². The van der Waals surface area contributed by atoms with Crippen LogP contribution in [-0.4, -0.2) is 75.8 Å². The number of amides is 1. The number of piperidine rings is 1. The number of aliphatic imine (C=N–C) groups is 1. The average Bonchev–Trinajstić information content (AvgIpc) is 2.76. The van der Waals surface area contributed by atoms with E-state index < -0.39 is 0 Å². The second-order valence-electron chi connectivity index (χ2n) is 8.20. The topological polar surface area (TPSA) is 69.2 Å². The summed E-state index contributed by atoms with van der Waals surface area (Å²) in [5.41, 5.74) is 1.07. The number of likely N-dealkylation sites (N-methyl/N-ethyl adjacent to an activating group) is 1. The first-order chi connectivity index (χ1) is 14.5. The van der Waals surface area contributed by atoms with Gasteiger partial charge in [-0.05, 0) is 44.2 Å². The number of nitrogens with one attached hydrogen (secondary N) is 2. The predicted octanol–water partition coefficient (Wildman–Crippen LogP) is 2.50. The fourth-order valence-electron chi connectivity index (χ4n) is 3.83. The molecule has 2 aliphatic rings. The SMILES string of the molecule is CN(C)C(=O)CN=C(NCC1CCCCO1)NC1CCCN(c2ccccc2Cl)C1. The Bertz CT molecular complexity index is 721. The standard InChI is InChI=1S/C22H34ClN5O2/c1-27(2)21(29)15-25-22(24-14-18-9-5-6-13-30-18)26-17-8-7-12-28(16-17)20-11-4-3-10-19(20)23/h3-4,10-11,17-18H,5-9,12-16H2,1-2H3,(H2,24,25,26). The molecule has 2 N–H and O–H groups in total. The van der Waals surface area contributed by atoms with Gasteiger partial charge in [0.15, 0.2) is 5.96 Å². The van der Waals surface area contributed by atoms with E-state index in [1.54, 1.807) is 19.0 Å². The highest BCUT2D eigenvalue weighted by Crippen LogP contribution is 2.27. The quantitative estimate of drug-likeness (QED) is 0.530. The molecule has 0 aliphatic carbocycles. The maximum Gasteiger partial charge on any atom is 0.243 e. The first-order valence-electron chi connectivity index (χ1n) is 10.9. The molecular weight excluding hydrogens is 402 g/mol. The Balaban J connectivity index is 1.62. The first kappa shape index (κ1) is 22.7.